The molecular formula is C38H47N9O6. The Morgan fingerprint density at radius 1 is 0.811 bits per heavy atom. The van der Waals surface area contributed by atoms with Crippen molar-refractivity contribution in [1.29, 1.82) is 0 Å². The molecule has 53 heavy (non-hydrogen) atoms. The molecule has 15 nitrogen and oxygen atoms in total. The molecule has 0 spiro atoms. The number of alkyl carbamates (subject to hydrolysis) is 2. The molecule has 2 aromatic carbocycles. The van der Waals surface area contributed by atoms with E-state index in [0.29, 0.717) is 45.0 Å². The number of carbonyl (C=O) groups excluding carboxylic acids is 4. The third-order valence-electron chi connectivity index (χ3n) is 10.1. The maximum absolute atomic E-state index is 13.3. The molecule has 4 heterocycles. The molecule has 2 aromatic heterocycles. The highest BCUT2D eigenvalue weighted by molar-refractivity contribution is 5.90. The van der Waals surface area contributed by atoms with E-state index in [1.54, 1.807) is 28.4 Å². The van der Waals surface area contributed by atoms with E-state index in [9.17, 15) is 19.2 Å². The summed E-state index contributed by atoms with van der Waals surface area (Å²) in [4.78, 5) is 70.4. The van der Waals surface area contributed by atoms with Gasteiger partial charge in [0.05, 0.1) is 32.2 Å². The fourth-order valence-electron chi connectivity index (χ4n) is 7.06. The molecule has 2 aliphatic heterocycles. The average molecular weight is 726 g/mol. The van der Waals surface area contributed by atoms with Crippen molar-refractivity contribution in [2.45, 2.75) is 64.1 Å². The Morgan fingerprint density at radius 3 is 2.11 bits per heavy atom. The van der Waals surface area contributed by atoms with Crippen LogP contribution in [0.25, 0.3) is 33.2 Å². The van der Waals surface area contributed by atoms with Gasteiger partial charge in [-0.3, -0.25) is 9.59 Å². The molecule has 2 aliphatic rings. The lowest BCUT2D eigenvalue weighted by Crippen LogP contribution is -2.48. The predicted octanol–water partition coefficient (Wildman–Crippen LogP) is 4.88. The van der Waals surface area contributed by atoms with Crippen LogP contribution in [0.15, 0.2) is 55.0 Å². The van der Waals surface area contributed by atoms with E-state index in [2.05, 4.69) is 64.9 Å². The molecule has 15 heteroatoms. The van der Waals surface area contributed by atoms with Crippen LogP contribution in [0.4, 0.5) is 15.5 Å². The summed E-state index contributed by atoms with van der Waals surface area (Å²) in [5, 5.41) is 10.7. The third kappa shape index (κ3) is 8.50. The highest BCUT2D eigenvalue weighted by Crippen LogP contribution is 2.33. The number of H-pyrrole nitrogens is 1. The number of amides is 4. The number of carbonyl (C=O) groups is 4. The van der Waals surface area contributed by atoms with Crippen LogP contribution in [0.1, 0.15) is 57.8 Å². The van der Waals surface area contributed by atoms with Crippen molar-refractivity contribution in [2.24, 2.45) is 5.92 Å². The van der Waals surface area contributed by atoms with E-state index < -0.39 is 24.3 Å². The molecule has 4 aromatic rings. The van der Waals surface area contributed by atoms with E-state index in [1.807, 2.05) is 26.0 Å². The van der Waals surface area contributed by atoms with Crippen LogP contribution in [0.2, 0.25) is 0 Å². The second-order valence-electron chi connectivity index (χ2n) is 13.5. The molecule has 0 bridgehead atoms. The SMILES string of the molecule is CC[C@H](NC(=O)OC)C(=O)N1CCC[C@H]1c1ncc(-c2ccc3cc(-c4cnc(NC[C@H]5CCN(C(=O)[C@@H](CC)NC(=O)OC)C5)nc4)ccc3c2)[nH]1. The number of rotatable bonds is 12. The summed E-state index contributed by atoms with van der Waals surface area (Å²) in [6.45, 7) is 6.18. The highest BCUT2D eigenvalue weighted by Gasteiger charge is 2.36. The Labute approximate surface area is 308 Å². The van der Waals surface area contributed by atoms with Crippen LogP contribution in [-0.4, -0.2) is 106 Å². The first-order valence-electron chi connectivity index (χ1n) is 18.1. The van der Waals surface area contributed by atoms with E-state index in [1.165, 1.54) is 14.2 Å². The summed E-state index contributed by atoms with van der Waals surface area (Å²) in [7, 11) is 2.57. The lowest BCUT2D eigenvalue weighted by molar-refractivity contribution is -0.134. The van der Waals surface area contributed by atoms with Crippen LogP contribution in [0.3, 0.4) is 0 Å². The van der Waals surface area contributed by atoms with Crippen molar-refractivity contribution >= 4 is 40.7 Å². The van der Waals surface area contributed by atoms with Gasteiger partial charge in [0.1, 0.15) is 17.9 Å². The molecule has 0 radical (unpaired) electrons. The molecule has 2 fully saturated rings. The minimum atomic E-state index is -0.656. The summed E-state index contributed by atoms with van der Waals surface area (Å²) in [5.41, 5.74) is 3.73. The fourth-order valence-corrected chi connectivity index (χ4v) is 7.06. The minimum absolute atomic E-state index is 0.0952. The van der Waals surface area contributed by atoms with Gasteiger partial charge in [0.25, 0.3) is 0 Å². The van der Waals surface area contributed by atoms with Gasteiger partial charge in [-0.25, -0.2) is 24.5 Å². The van der Waals surface area contributed by atoms with Crippen molar-refractivity contribution in [3.8, 4) is 22.4 Å². The van der Waals surface area contributed by atoms with Crippen molar-refractivity contribution in [3.05, 3.63) is 60.8 Å². The number of hydrogen-bond acceptors (Lipinski definition) is 10. The summed E-state index contributed by atoms with van der Waals surface area (Å²) in [6.07, 6.45) is 7.62. The average Bonchev–Trinajstić information content (AvgIpc) is 3.99. The lowest BCUT2D eigenvalue weighted by atomic mass is 10.0. The maximum Gasteiger partial charge on any atom is 0.407 e. The van der Waals surface area contributed by atoms with E-state index >= 15 is 0 Å². The number of nitrogens with one attached hydrogen (secondary N) is 4. The standard InChI is InChI=1S/C38H47N9O6/c1-5-29(44-37(50)52-3)34(48)46-15-13-23(22-46)18-40-36-41-19-28(20-42-36)26-10-9-25-17-27(12-11-24(25)16-26)31-21-39-33(43-31)32-8-7-14-47(32)35(49)30(6-2)45-38(51)53-4/h9-12,16-17,19-21,23,29-30,32H,5-8,13-15,18,22H2,1-4H3,(H,39,43)(H,44,50)(H,45,51)(H,40,41,42)/t23-,29-,30+,32+/m1/s1. The number of ether oxygens (including phenoxy) is 2. The first-order chi connectivity index (χ1) is 25.7. The molecule has 2 saturated heterocycles. The zero-order valence-electron chi connectivity index (χ0n) is 30.6. The second kappa shape index (κ2) is 16.7. The Bertz CT molecular complexity index is 1930. The van der Waals surface area contributed by atoms with E-state index in [4.69, 9.17) is 4.74 Å². The molecule has 4 atom stereocenters. The molecule has 0 unspecified atom stereocenters. The van der Waals surface area contributed by atoms with Crippen molar-refractivity contribution in [1.82, 2.24) is 40.4 Å². The zero-order valence-corrected chi connectivity index (χ0v) is 30.6. The van der Waals surface area contributed by atoms with Gasteiger partial charge in [-0.1, -0.05) is 38.1 Å². The van der Waals surface area contributed by atoms with E-state index in [0.717, 1.165) is 58.2 Å². The van der Waals surface area contributed by atoms with Crippen molar-refractivity contribution in [3.63, 3.8) is 0 Å². The van der Waals surface area contributed by atoms with Crippen molar-refractivity contribution < 1.29 is 28.7 Å². The van der Waals surface area contributed by atoms with Gasteiger partial charge in [0.2, 0.25) is 17.8 Å². The molecule has 4 amide bonds. The van der Waals surface area contributed by atoms with Gasteiger partial charge in [-0.05, 0) is 66.5 Å². The smallest absolute Gasteiger partial charge is 0.407 e. The van der Waals surface area contributed by atoms with Crippen LogP contribution < -0.4 is 16.0 Å². The Kier molecular flexibility index (Phi) is 11.7. The number of methoxy groups -OCH3 is 2. The monoisotopic (exact) mass is 725 g/mol. The molecule has 4 N–H and O–H groups in total. The summed E-state index contributed by atoms with van der Waals surface area (Å²) >= 11 is 0. The maximum atomic E-state index is 13.3. The summed E-state index contributed by atoms with van der Waals surface area (Å²) in [5.74, 6) is 1.26. The predicted molar refractivity (Wildman–Crippen MR) is 199 cm³/mol. The number of imidazole rings is 1. The van der Waals surface area contributed by atoms with Gasteiger partial charge in [-0.15, -0.1) is 0 Å². The molecule has 6 rings (SSSR count). The van der Waals surface area contributed by atoms with E-state index in [-0.39, 0.29) is 23.8 Å². The zero-order chi connectivity index (χ0) is 37.5. The number of aromatic nitrogens is 4. The van der Waals surface area contributed by atoms with Gasteiger partial charge in [-0.2, -0.15) is 0 Å². The van der Waals surface area contributed by atoms with Crippen LogP contribution in [0, 0.1) is 5.92 Å². The first-order valence-corrected chi connectivity index (χ1v) is 18.1. The first kappa shape index (κ1) is 37.0. The van der Waals surface area contributed by atoms with Crippen molar-refractivity contribution in [2.75, 3.05) is 45.7 Å². The van der Waals surface area contributed by atoms with Crippen LogP contribution in [0.5, 0.6) is 0 Å². The molecule has 0 saturated carbocycles. The summed E-state index contributed by atoms with van der Waals surface area (Å²) < 4.78 is 9.35. The number of aromatic amines is 1. The third-order valence-corrected chi connectivity index (χ3v) is 10.1. The normalized spacial score (nSPS) is 18.0. The number of anilines is 1. The van der Waals surface area contributed by atoms with Gasteiger partial charge < -0.3 is 40.2 Å². The van der Waals surface area contributed by atoms with Crippen LogP contribution in [-0.2, 0) is 19.1 Å². The van der Waals surface area contributed by atoms with Gasteiger partial charge in [0.15, 0.2) is 0 Å². The number of nitrogens with zero attached hydrogens (tertiary/aromatic N) is 5. The highest BCUT2D eigenvalue weighted by atomic mass is 16.5. The fraction of sp³-hybridized carbons (Fsp3) is 0.447. The number of benzene rings is 2. The quantitative estimate of drug-likeness (QED) is 0.157. The minimum Gasteiger partial charge on any atom is -0.453 e. The largest absolute Gasteiger partial charge is 0.453 e. The number of likely N-dealkylation sites (tertiary alicyclic amines) is 2. The molecule has 280 valence electrons. The number of fused-ring (bicyclic) bond motifs is 1. The Balaban J connectivity index is 1.05. The van der Waals surface area contributed by atoms with Gasteiger partial charge >= 0.3 is 12.2 Å². The summed E-state index contributed by atoms with van der Waals surface area (Å²) in [6, 6.07) is 11.0. The van der Waals surface area contributed by atoms with Gasteiger partial charge in [0, 0.05) is 49.7 Å². The second-order valence-corrected chi connectivity index (χ2v) is 13.5. The molecule has 0 aliphatic carbocycles. The lowest BCUT2D eigenvalue weighted by Gasteiger charge is -2.27. The Morgan fingerprint density at radius 2 is 1.45 bits per heavy atom. The Hall–Kier alpha value is -5.73. The van der Waals surface area contributed by atoms with Crippen LogP contribution >= 0.6 is 0 Å². The number of hydrogen-bond donors (Lipinski definition) is 4. The molecular weight excluding hydrogens is 678 g/mol. The topological polar surface area (TPSA) is 184 Å².